The number of imidazole rings is 1. The van der Waals surface area contributed by atoms with Gasteiger partial charge in [0.25, 0.3) is 0 Å². The van der Waals surface area contributed by atoms with E-state index < -0.39 is 0 Å². The molecule has 5 aromatic rings. The number of aromatic nitrogens is 3. The number of carbonyl (C=O) groups is 1. The van der Waals surface area contributed by atoms with Gasteiger partial charge in [-0.3, -0.25) is 4.79 Å². The first-order valence-corrected chi connectivity index (χ1v) is 9.86. The second kappa shape index (κ2) is 6.95. The highest BCUT2D eigenvalue weighted by atomic mass is 19.1. The molecule has 0 aliphatic rings. The van der Waals surface area contributed by atoms with Gasteiger partial charge in [0.05, 0.1) is 11.7 Å². The van der Waals surface area contributed by atoms with E-state index in [4.69, 9.17) is 4.98 Å². The lowest BCUT2D eigenvalue weighted by atomic mass is 10.1. The van der Waals surface area contributed by atoms with Crippen molar-refractivity contribution in [3.8, 4) is 11.4 Å². The van der Waals surface area contributed by atoms with E-state index in [1.165, 1.54) is 12.1 Å². The fourth-order valence-corrected chi connectivity index (χ4v) is 4.16. The molecule has 30 heavy (non-hydrogen) atoms. The molecule has 3 aromatic heterocycles. The van der Waals surface area contributed by atoms with Gasteiger partial charge >= 0.3 is 0 Å². The normalized spacial score (nSPS) is 12.5. The molecule has 4 nitrogen and oxygen atoms in total. The first kappa shape index (κ1) is 18.3. The summed E-state index contributed by atoms with van der Waals surface area (Å²) in [6.45, 7) is 4.14. The van der Waals surface area contributed by atoms with E-state index in [1.54, 1.807) is 12.1 Å². The molecule has 0 radical (unpaired) electrons. The smallest absolute Gasteiger partial charge is 0.150 e. The third-order valence-electron chi connectivity index (χ3n) is 5.76. The van der Waals surface area contributed by atoms with Crippen molar-refractivity contribution in [1.82, 2.24) is 14.0 Å². The quantitative estimate of drug-likeness (QED) is 0.358. The molecule has 0 saturated carbocycles. The Morgan fingerprint density at radius 2 is 1.80 bits per heavy atom. The Hall–Kier alpha value is -3.73. The van der Waals surface area contributed by atoms with E-state index in [9.17, 15) is 9.18 Å². The van der Waals surface area contributed by atoms with Crippen molar-refractivity contribution in [3.05, 3.63) is 95.6 Å². The number of pyridine rings is 1. The number of rotatable bonds is 4. The summed E-state index contributed by atoms with van der Waals surface area (Å²) in [4.78, 5) is 16.0. The molecule has 148 valence electrons. The van der Waals surface area contributed by atoms with Crippen LogP contribution in [0.5, 0.6) is 0 Å². The maximum atomic E-state index is 13.5. The summed E-state index contributed by atoms with van der Waals surface area (Å²) in [5.41, 5.74) is 6.29. The molecule has 0 spiro atoms. The van der Waals surface area contributed by atoms with E-state index in [2.05, 4.69) is 29.7 Å². The number of hydrogen-bond donors (Lipinski definition) is 0. The fraction of sp³-hybridized carbons (Fsp3) is 0.120. The average molecular weight is 397 g/mol. The SMILES string of the molecule is Cc1c(-c2cc3ccccc3n2C(C)c2ccc(F)cc2)nc2cc(C=O)ccn12. The van der Waals surface area contributed by atoms with Crippen molar-refractivity contribution in [1.29, 1.82) is 0 Å². The molecule has 0 bridgehead atoms. The highest BCUT2D eigenvalue weighted by Crippen LogP contribution is 2.35. The highest BCUT2D eigenvalue weighted by molar-refractivity contribution is 5.88. The van der Waals surface area contributed by atoms with Crippen LogP contribution in [-0.4, -0.2) is 20.2 Å². The number of hydrogen-bond acceptors (Lipinski definition) is 2. The maximum Gasteiger partial charge on any atom is 0.150 e. The molecule has 0 fully saturated rings. The number of aryl methyl sites for hydroxylation is 1. The molecular weight excluding hydrogens is 377 g/mol. The zero-order valence-corrected chi connectivity index (χ0v) is 16.7. The molecule has 0 aliphatic carbocycles. The minimum absolute atomic E-state index is 0.0183. The minimum Gasteiger partial charge on any atom is -0.332 e. The van der Waals surface area contributed by atoms with Crippen molar-refractivity contribution in [2.75, 3.05) is 0 Å². The number of aldehydes is 1. The third-order valence-corrected chi connectivity index (χ3v) is 5.76. The molecule has 1 atom stereocenters. The predicted molar refractivity (Wildman–Crippen MR) is 116 cm³/mol. The van der Waals surface area contributed by atoms with Crippen molar-refractivity contribution < 1.29 is 9.18 Å². The van der Waals surface area contributed by atoms with Crippen molar-refractivity contribution >= 4 is 22.8 Å². The van der Waals surface area contributed by atoms with E-state index in [0.717, 1.165) is 45.5 Å². The van der Waals surface area contributed by atoms with Crippen LogP contribution < -0.4 is 0 Å². The van der Waals surface area contributed by atoms with Gasteiger partial charge < -0.3 is 8.97 Å². The van der Waals surface area contributed by atoms with Crippen molar-refractivity contribution in [2.45, 2.75) is 19.9 Å². The molecule has 5 rings (SSSR count). The van der Waals surface area contributed by atoms with E-state index in [0.29, 0.717) is 5.56 Å². The number of nitrogens with zero attached hydrogens (tertiary/aromatic N) is 3. The van der Waals surface area contributed by atoms with Crippen LogP contribution in [0.2, 0.25) is 0 Å². The van der Waals surface area contributed by atoms with Gasteiger partial charge in [-0.1, -0.05) is 30.3 Å². The molecule has 2 aromatic carbocycles. The summed E-state index contributed by atoms with van der Waals surface area (Å²) in [6, 6.07) is 20.6. The number of carbonyl (C=O) groups excluding carboxylic acids is 1. The monoisotopic (exact) mass is 397 g/mol. The Morgan fingerprint density at radius 1 is 1.03 bits per heavy atom. The van der Waals surface area contributed by atoms with Gasteiger partial charge in [-0.2, -0.15) is 0 Å². The molecule has 5 heteroatoms. The van der Waals surface area contributed by atoms with Crippen LogP contribution in [0.25, 0.3) is 27.9 Å². The first-order valence-electron chi connectivity index (χ1n) is 9.86. The topological polar surface area (TPSA) is 39.3 Å². The third kappa shape index (κ3) is 2.82. The Kier molecular flexibility index (Phi) is 4.24. The zero-order chi connectivity index (χ0) is 20.8. The highest BCUT2D eigenvalue weighted by Gasteiger charge is 2.21. The molecule has 0 amide bonds. The maximum absolute atomic E-state index is 13.5. The molecular formula is C25H20FN3O. The summed E-state index contributed by atoms with van der Waals surface area (Å²) in [5.74, 6) is -0.245. The Balaban J connectivity index is 1.77. The number of benzene rings is 2. The van der Waals surface area contributed by atoms with Crippen LogP contribution in [0.3, 0.4) is 0 Å². The summed E-state index contributed by atoms with van der Waals surface area (Å²) < 4.78 is 17.7. The first-order chi connectivity index (χ1) is 14.6. The van der Waals surface area contributed by atoms with Crippen molar-refractivity contribution in [3.63, 3.8) is 0 Å². The lowest BCUT2D eigenvalue weighted by molar-refractivity contribution is 0.112. The van der Waals surface area contributed by atoms with Crippen LogP contribution in [0.1, 0.15) is 34.6 Å². The van der Waals surface area contributed by atoms with Gasteiger partial charge in [0.2, 0.25) is 0 Å². The van der Waals surface area contributed by atoms with Gasteiger partial charge in [-0.25, -0.2) is 9.37 Å². The standard InChI is InChI=1S/C25H20FN3O/c1-16(19-7-9-21(26)10-8-19)29-22-6-4-3-5-20(22)14-23(29)25-17(2)28-12-11-18(15-30)13-24(28)27-25/h3-16H,1-2H3. The Bertz CT molecular complexity index is 1400. The van der Waals surface area contributed by atoms with Gasteiger partial charge in [0.1, 0.15) is 23.4 Å². The number of para-hydroxylation sites is 1. The summed E-state index contributed by atoms with van der Waals surface area (Å²) in [5, 5.41) is 1.12. The minimum atomic E-state index is -0.245. The molecule has 0 N–H and O–H groups in total. The van der Waals surface area contributed by atoms with Gasteiger partial charge in [0.15, 0.2) is 0 Å². The predicted octanol–water partition coefficient (Wildman–Crippen LogP) is 5.83. The summed E-state index contributed by atoms with van der Waals surface area (Å²) in [7, 11) is 0. The van der Waals surface area contributed by atoms with Gasteiger partial charge in [-0.05, 0) is 55.8 Å². The van der Waals surface area contributed by atoms with Gasteiger partial charge in [-0.15, -0.1) is 0 Å². The number of fused-ring (bicyclic) bond motifs is 2. The zero-order valence-electron chi connectivity index (χ0n) is 16.7. The molecule has 0 saturated heterocycles. The fourth-order valence-electron chi connectivity index (χ4n) is 4.16. The van der Waals surface area contributed by atoms with Crippen LogP contribution in [-0.2, 0) is 0 Å². The van der Waals surface area contributed by atoms with Crippen LogP contribution in [0, 0.1) is 12.7 Å². The van der Waals surface area contributed by atoms with E-state index in [1.807, 2.05) is 41.8 Å². The molecule has 3 heterocycles. The Labute approximate surface area is 173 Å². The van der Waals surface area contributed by atoms with Crippen molar-refractivity contribution in [2.24, 2.45) is 0 Å². The van der Waals surface area contributed by atoms with E-state index >= 15 is 0 Å². The summed E-state index contributed by atoms with van der Waals surface area (Å²) in [6.07, 6.45) is 2.71. The summed E-state index contributed by atoms with van der Waals surface area (Å²) >= 11 is 0. The Morgan fingerprint density at radius 3 is 2.57 bits per heavy atom. The van der Waals surface area contributed by atoms with Gasteiger partial charge in [0, 0.05) is 28.4 Å². The van der Waals surface area contributed by atoms with Crippen LogP contribution in [0.4, 0.5) is 4.39 Å². The molecule has 1 unspecified atom stereocenters. The lowest BCUT2D eigenvalue weighted by Gasteiger charge is -2.19. The largest absolute Gasteiger partial charge is 0.332 e. The molecule has 0 aliphatic heterocycles. The number of halogens is 1. The lowest BCUT2D eigenvalue weighted by Crippen LogP contribution is -2.08. The van der Waals surface area contributed by atoms with Crippen LogP contribution >= 0.6 is 0 Å². The second-order valence-electron chi connectivity index (χ2n) is 7.54. The van der Waals surface area contributed by atoms with Crippen LogP contribution in [0.15, 0.2) is 72.9 Å². The average Bonchev–Trinajstić information content (AvgIpc) is 3.31. The van der Waals surface area contributed by atoms with E-state index in [-0.39, 0.29) is 11.9 Å². The second-order valence-corrected chi connectivity index (χ2v) is 7.54.